The van der Waals surface area contributed by atoms with E-state index in [0.717, 1.165) is 17.1 Å². The lowest BCUT2D eigenvalue weighted by molar-refractivity contribution is 0.103. The Balaban J connectivity index is 1.72. The van der Waals surface area contributed by atoms with Crippen LogP contribution in [0.2, 0.25) is 0 Å². The summed E-state index contributed by atoms with van der Waals surface area (Å²) >= 11 is 8.02. The van der Waals surface area contributed by atoms with E-state index in [2.05, 4.69) is 27.1 Å². The lowest BCUT2D eigenvalue weighted by atomic mass is 10.3. The number of aryl methyl sites for hydroxylation is 1. The number of nitrogens with zero attached hydrogens (tertiary/aromatic N) is 3. The molecule has 2 N–H and O–H groups in total. The van der Waals surface area contributed by atoms with E-state index in [0.29, 0.717) is 27.7 Å². The lowest BCUT2D eigenvalue weighted by Gasteiger charge is -2.02. The quantitative estimate of drug-likeness (QED) is 0.506. The molecule has 0 saturated carbocycles. The molecule has 0 aliphatic carbocycles. The highest BCUT2D eigenvalue weighted by molar-refractivity contribution is 7.71. The first-order valence-corrected chi connectivity index (χ1v) is 9.30. The van der Waals surface area contributed by atoms with Gasteiger partial charge in [0.2, 0.25) is 0 Å². The topological polar surface area (TPSA) is 75.6 Å². The van der Waals surface area contributed by atoms with Crippen LogP contribution in [-0.2, 0) is 13.0 Å². The van der Waals surface area contributed by atoms with Gasteiger partial charge in [0.25, 0.3) is 5.91 Å². The van der Waals surface area contributed by atoms with Gasteiger partial charge in [-0.25, -0.2) is 4.98 Å². The van der Waals surface area contributed by atoms with Crippen molar-refractivity contribution < 1.29 is 4.79 Å². The van der Waals surface area contributed by atoms with Crippen LogP contribution >= 0.6 is 34.9 Å². The van der Waals surface area contributed by atoms with E-state index in [4.69, 9.17) is 12.2 Å². The number of amides is 1. The molecule has 0 saturated heterocycles. The molecular formula is C15H15N5OS3. The van der Waals surface area contributed by atoms with Gasteiger partial charge in [-0.2, -0.15) is 5.10 Å². The number of nitrogens with one attached hydrogen (secondary N) is 2. The fourth-order valence-electron chi connectivity index (χ4n) is 2.17. The lowest BCUT2D eigenvalue weighted by Crippen LogP contribution is -2.11. The number of thiophene rings is 1. The summed E-state index contributed by atoms with van der Waals surface area (Å²) in [6.07, 6.45) is 2.30. The first-order chi connectivity index (χ1) is 11.6. The van der Waals surface area contributed by atoms with Crippen molar-refractivity contribution in [3.05, 3.63) is 56.2 Å². The Kier molecular flexibility index (Phi) is 5.03. The van der Waals surface area contributed by atoms with Crippen LogP contribution in [0, 0.1) is 11.7 Å². The van der Waals surface area contributed by atoms with Crippen molar-refractivity contribution in [1.29, 1.82) is 0 Å². The summed E-state index contributed by atoms with van der Waals surface area (Å²) in [6, 6.07) is 1.93. The van der Waals surface area contributed by atoms with Crippen LogP contribution in [0.4, 0.5) is 5.13 Å². The van der Waals surface area contributed by atoms with Crippen molar-refractivity contribution in [3.8, 4) is 0 Å². The fraction of sp³-hybridized carbons (Fsp3) is 0.200. The number of carbonyl (C=O) groups excluding carboxylic acids is 1. The molecule has 0 unspecified atom stereocenters. The number of anilines is 1. The van der Waals surface area contributed by atoms with E-state index in [1.54, 1.807) is 6.08 Å². The molecule has 0 aromatic carbocycles. The minimum absolute atomic E-state index is 0.127. The monoisotopic (exact) mass is 377 g/mol. The molecule has 3 aromatic heterocycles. The maximum absolute atomic E-state index is 12.2. The van der Waals surface area contributed by atoms with Gasteiger partial charge in [-0.15, -0.1) is 29.3 Å². The van der Waals surface area contributed by atoms with E-state index in [1.807, 2.05) is 28.3 Å². The number of H-pyrrole nitrogens is 1. The van der Waals surface area contributed by atoms with Gasteiger partial charge in [0, 0.05) is 11.9 Å². The largest absolute Gasteiger partial charge is 0.300 e. The second kappa shape index (κ2) is 7.20. The SMILES string of the molecule is C=CCn1c(Cc2csc(NC(=O)c3sccc3C)n2)n[nH]c1=S. The van der Waals surface area contributed by atoms with E-state index < -0.39 is 0 Å². The number of hydrogen-bond acceptors (Lipinski definition) is 6. The van der Waals surface area contributed by atoms with Crippen LogP contribution in [0.25, 0.3) is 0 Å². The molecule has 0 aliphatic rings. The Morgan fingerprint density at radius 1 is 1.54 bits per heavy atom. The Morgan fingerprint density at radius 2 is 2.38 bits per heavy atom. The van der Waals surface area contributed by atoms with Crippen molar-refractivity contribution in [1.82, 2.24) is 19.7 Å². The number of aromatic nitrogens is 4. The van der Waals surface area contributed by atoms with Gasteiger partial charge >= 0.3 is 0 Å². The molecule has 3 aromatic rings. The number of hydrogen-bond donors (Lipinski definition) is 2. The minimum atomic E-state index is -0.127. The maximum atomic E-state index is 12.2. The van der Waals surface area contributed by atoms with Gasteiger partial charge in [-0.3, -0.25) is 19.8 Å². The van der Waals surface area contributed by atoms with E-state index in [9.17, 15) is 4.79 Å². The number of carbonyl (C=O) groups is 1. The van der Waals surface area contributed by atoms with Crippen molar-refractivity contribution in [3.63, 3.8) is 0 Å². The van der Waals surface area contributed by atoms with Crippen molar-refractivity contribution in [2.45, 2.75) is 19.9 Å². The Bertz CT molecular complexity index is 933. The molecule has 0 bridgehead atoms. The van der Waals surface area contributed by atoms with Crippen LogP contribution in [0.5, 0.6) is 0 Å². The molecule has 24 heavy (non-hydrogen) atoms. The predicted octanol–water partition coefficient (Wildman–Crippen LogP) is 3.80. The summed E-state index contributed by atoms with van der Waals surface area (Å²) in [4.78, 5) is 17.4. The Hall–Kier alpha value is -2.10. The molecule has 0 atom stereocenters. The summed E-state index contributed by atoms with van der Waals surface area (Å²) in [6.45, 7) is 6.24. The van der Waals surface area contributed by atoms with Gasteiger partial charge in [0.1, 0.15) is 5.82 Å². The average Bonchev–Trinajstić information content (AvgIpc) is 3.25. The molecule has 1 amide bonds. The van der Waals surface area contributed by atoms with Crippen molar-refractivity contribution >= 4 is 45.9 Å². The average molecular weight is 378 g/mol. The molecule has 0 aliphatic heterocycles. The third-order valence-corrected chi connectivity index (χ3v) is 5.46. The van der Waals surface area contributed by atoms with Gasteiger partial charge < -0.3 is 0 Å². The summed E-state index contributed by atoms with van der Waals surface area (Å²) in [5.74, 6) is 0.662. The zero-order valence-electron chi connectivity index (χ0n) is 12.9. The Labute approximate surface area is 151 Å². The summed E-state index contributed by atoms with van der Waals surface area (Å²) in [5, 5.41) is 14.2. The number of allylic oxidation sites excluding steroid dienone is 1. The van der Waals surface area contributed by atoms with Crippen molar-refractivity contribution in [2.75, 3.05) is 5.32 Å². The van der Waals surface area contributed by atoms with Crippen LogP contribution < -0.4 is 5.32 Å². The van der Waals surface area contributed by atoms with E-state index in [1.165, 1.54) is 22.7 Å². The highest BCUT2D eigenvalue weighted by Crippen LogP contribution is 2.21. The van der Waals surface area contributed by atoms with Crippen LogP contribution in [-0.4, -0.2) is 25.7 Å². The molecule has 124 valence electrons. The second-order valence-corrected chi connectivity index (χ2v) is 7.21. The van der Waals surface area contributed by atoms with Gasteiger partial charge in [-0.1, -0.05) is 6.08 Å². The molecule has 3 rings (SSSR count). The minimum Gasteiger partial charge on any atom is -0.300 e. The molecule has 9 heteroatoms. The third kappa shape index (κ3) is 3.53. The van der Waals surface area contributed by atoms with E-state index >= 15 is 0 Å². The molecule has 6 nitrogen and oxygen atoms in total. The fourth-order valence-corrected chi connectivity index (χ4v) is 3.92. The first-order valence-electron chi connectivity index (χ1n) is 7.13. The number of thiazole rings is 1. The number of rotatable bonds is 6. The van der Waals surface area contributed by atoms with Gasteiger partial charge in [0.05, 0.1) is 17.0 Å². The standard InChI is InChI=1S/C15H15N5OS3/c1-3-5-20-11(18-19-15(20)22)7-10-8-24-14(16-10)17-13(21)12-9(2)4-6-23-12/h3-4,6,8H,1,5,7H2,2H3,(H,19,22)(H,16,17,21). The zero-order valence-corrected chi connectivity index (χ0v) is 15.4. The molecule has 0 fully saturated rings. The second-order valence-electron chi connectivity index (χ2n) is 5.05. The zero-order chi connectivity index (χ0) is 17.1. The maximum Gasteiger partial charge on any atom is 0.267 e. The highest BCUT2D eigenvalue weighted by Gasteiger charge is 2.14. The summed E-state index contributed by atoms with van der Waals surface area (Å²) < 4.78 is 2.43. The smallest absolute Gasteiger partial charge is 0.267 e. The van der Waals surface area contributed by atoms with E-state index in [-0.39, 0.29) is 5.91 Å². The molecular weight excluding hydrogens is 362 g/mol. The third-order valence-electron chi connectivity index (χ3n) is 3.33. The molecule has 0 spiro atoms. The molecule has 3 heterocycles. The first kappa shape index (κ1) is 16.7. The Morgan fingerprint density at radius 3 is 3.08 bits per heavy atom. The summed E-state index contributed by atoms with van der Waals surface area (Å²) in [5.41, 5.74) is 1.80. The number of aromatic amines is 1. The molecule has 0 radical (unpaired) electrons. The van der Waals surface area contributed by atoms with Crippen LogP contribution in [0.1, 0.15) is 26.8 Å². The van der Waals surface area contributed by atoms with Gasteiger partial charge in [-0.05, 0) is 36.2 Å². The van der Waals surface area contributed by atoms with Crippen molar-refractivity contribution in [2.24, 2.45) is 0 Å². The normalized spacial score (nSPS) is 10.7. The summed E-state index contributed by atoms with van der Waals surface area (Å²) in [7, 11) is 0. The predicted molar refractivity (Wildman–Crippen MR) is 99.5 cm³/mol. The highest BCUT2D eigenvalue weighted by atomic mass is 32.1. The van der Waals surface area contributed by atoms with Crippen LogP contribution in [0.15, 0.2) is 29.5 Å². The van der Waals surface area contributed by atoms with Gasteiger partial charge in [0.15, 0.2) is 9.90 Å². The van der Waals surface area contributed by atoms with Crippen LogP contribution in [0.3, 0.4) is 0 Å².